The highest BCUT2D eigenvalue weighted by molar-refractivity contribution is 7.88. The lowest BCUT2D eigenvalue weighted by atomic mass is 10.9. The predicted molar refractivity (Wildman–Crippen MR) is 47.1 cm³/mol. The molecule has 0 aliphatic heterocycles. The molecule has 0 aliphatic carbocycles. The molecule has 10 heavy (non-hydrogen) atoms. The van der Waals surface area contributed by atoms with E-state index in [0.29, 0.717) is 23.0 Å². The van der Waals surface area contributed by atoms with E-state index in [-0.39, 0.29) is 0 Å². The lowest BCUT2D eigenvalue weighted by Crippen LogP contribution is -2.10. The third-order valence-corrected chi connectivity index (χ3v) is 4.05. The van der Waals surface area contributed by atoms with Gasteiger partial charge in [0, 0.05) is 44.6 Å². The summed E-state index contributed by atoms with van der Waals surface area (Å²) in [7, 11) is -1.48. The van der Waals surface area contributed by atoms with Crippen LogP contribution in [0.4, 0.5) is 0 Å². The van der Waals surface area contributed by atoms with Crippen molar-refractivity contribution in [1.29, 1.82) is 0 Å². The molecule has 0 heterocycles. The summed E-state index contributed by atoms with van der Waals surface area (Å²) in [5.41, 5.74) is 0. The van der Waals surface area contributed by atoms with Crippen molar-refractivity contribution >= 4 is 21.6 Å². The van der Waals surface area contributed by atoms with Gasteiger partial charge >= 0.3 is 0 Å². The first-order chi connectivity index (χ1) is 4.70. The van der Waals surface area contributed by atoms with Gasteiger partial charge in [-0.1, -0.05) is 13.8 Å². The molecule has 0 spiro atoms. The van der Waals surface area contributed by atoms with E-state index in [9.17, 15) is 8.42 Å². The molecule has 0 radical (unpaired) electrons. The maximum absolute atomic E-state index is 10.8. The summed E-state index contributed by atoms with van der Waals surface area (Å²) < 4.78 is 21.6. The van der Waals surface area contributed by atoms with Crippen LogP contribution in [-0.4, -0.2) is 31.4 Å². The summed E-state index contributed by atoms with van der Waals surface area (Å²) in [6.45, 7) is 3.76. The highest BCUT2D eigenvalue weighted by atomic mass is 32.2. The summed E-state index contributed by atoms with van der Waals surface area (Å²) >= 11 is 0. The Morgan fingerprint density at radius 2 is 1.20 bits per heavy atom. The standard InChI is InChI=1S/C6H14O2S2/c1-3-9(7)5-6-10(8)4-2/h3-6H2,1-2H3/t9-,10-/m0/s1. The van der Waals surface area contributed by atoms with Gasteiger partial charge in [-0.25, -0.2) is 0 Å². The van der Waals surface area contributed by atoms with Gasteiger partial charge in [-0.15, -0.1) is 0 Å². The van der Waals surface area contributed by atoms with Gasteiger partial charge in [-0.05, 0) is 0 Å². The topological polar surface area (TPSA) is 34.1 Å². The Kier molecular flexibility index (Phi) is 6.22. The molecule has 2 nitrogen and oxygen atoms in total. The van der Waals surface area contributed by atoms with Crippen LogP contribution in [0.2, 0.25) is 0 Å². The third kappa shape index (κ3) is 5.11. The first-order valence-corrected chi connectivity index (χ1v) is 6.38. The molecular weight excluding hydrogens is 168 g/mol. The minimum Gasteiger partial charge on any atom is -0.260 e. The van der Waals surface area contributed by atoms with E-state index in [1.807, 2.05) is 13.8 Å². The van der Waals surface area contributed by atoms with E-state index >= 15 is 0 Å². The van der Waals surface area contributed by atoms with Crippen LogP contribution in [0.3, 0.4) is 0 Å². The third-order valence-electron chi connectivity index (χ3n) is 1.18. The molecular formula is C6H14O2S2. The zero-order valence-corrected chi connectivity index (χ0v) is 8.09. The van der Waals surface area contributed by atoms with Gasteiger partial charge in [0.25, 0.3) is 0 Å². The molecule has 0 fully saturated rings. The molecule has 0 rings (SSSR count). The van der Waals surface area contributed by atoms with Crippen LogP contribution in [0.1, 0.15) is 13.8 Å². The largest absolute Gasteiger partial charge is 0.260 e. The van der Waals surface area contributed by atoms with Crippen LogP contribution in [0, 0.1) is 0 Å². The van der Waals surface area contributed by atoms with Gasteiger partial charge in [0.15, 0.2) is 0 Å². The molecule has 0 saturated heterocycles. The Bertz CT molecular complexity index is 118. The summed E-state index contributed by atoms with van der Waals surface area (Å²) in [4.78, 5) is 0. The molecule has 0 N–H and O–H groups in total. The fourth-order valence-electron chi connectivity index (χ4n) is 0.475. The van der Waals surface area contributed by atoms with Crippen LogP contribution in [-0.2, 0) is 21.6 Å². The highest BCUT2D eigenvalue weighted by Gasteiger charge is 1.99. The fourth-order valence-corrected chi connectivity index (χ4v) is 2.54. The second-order valence-corrected chi connectivity index (χ2v) is 5.60. The van der Waals surface area contributed by atoms with E-state index < -0.39 is 21.6 Å². The molecule has 0 aromatic rings. The van der Waals surface area contributed by atoms with E-state index in [1.54, 1.807) is 0 Å². The summed E-state index contributed by atoms with van der Waals surface area (Å²) in [6.07, 6.45) is 0. The van der Waals surface area contributed by atoms with Crippen molar-refractivity contribution in [3.05, 3.63) is 0 Å². The van der Waals surface area contributed by atoms with Gasteiger partial charge in [0.05, 0.1) is 0 Å². The average molecular weight is 182 g/mol. The summed E-state index contributed by atoms with van der Waals surface area (Å²) in [5, 5.41) is 0. The van der Waals surface area contributed by atoms with Gasteiger partial charge in [-0.2, -0.15) is 0 Å². The second-order valence-electron chi connectivity index (χ2n) is 1.87. The Balaban J connectivity index is 3.35. The van der Waals surface area contributed by atoms with Crippen LogP contribution in [0.5, 0.6) is 0 Å². The highest BCUT2D eigenvalue weighted by Crippen LogP contribution is 1.86. The summed E-state index contributed by atoms with van der Waals surface area (Å²) in [5.74, 6) is 2.55. The zero-order chi connectivity index (χ0) is 7.98. The van der Waals surface area contributed by atoms with Gasteiger partial charge in [0.1, 0.15) is 0 Å². The predicted octanol–water partition coefficient (Wildman–Crippen LogP) is 0.524. The van der Waals surface area contributed by atoms with Crippen molar-refractivity contribution in [2.75, 3.05) is 23.0 Å². The Labute approximate surface area is 67.3 Å². The summed E-state index contributed by atoms with van der Waals surface area (Å²) in [6, 6.07) is 0. The van der Waals surface area contributed by atoms with Crippen LogP contribution >= 0.6 is 0 Å². The maximum Gasteiger partial charge on any atom is 0.0350 e. The van der Waals surface area contributed by atoms with E-state index in [4.69, 9.17) is 0 Å². The van der Waals surface area contributed by atoms with E-state index in [0.717, 1.165) is 0 Å². The first-order valence-electron chi connectivity index (χ1n) is 3.40. The molecule has 0 unspecified atom stereocenters. The molecule has 0 bridgehead atoms. The van der Waals surface area contributed by atoms with E-state index in [2.05, 4.69) is 0 Å². The van der Waals surface area contributed by atoms with Gasteiger partial charge in [0.2, 0.25) is 0 Å². The molecule has 0 aromatic carbocycles. The van der Waals surface area contributed by atoms with Gasteiger partial charge in [-0.3, -0.25) is 8.42 Å². The Morgan fingerprint density at radius 3 is 1.40 bits per heavy atom. The van der Waals surface area contributed by atoms with Crippen molar-refractivity contribution in [2.24, 2.45) is 0 Å². The minimum absolute atomic E-state index is 0.594. The molecule has 0 amide bonds. The van der Waals surface area contributed by atoms with E-state index in [1.165, 1.54) is 0 Å². The van der Waals surface area contributed by atoms with Crippen LogP contribution < -0.4 is 0 Å². The van der Waals surface area contributed by atoms with Crippen molar-refractivity contribution in [3.8, 4) is 0 Å². The lowest BCUT2D eigenvalue weighted by Gasteiger charge is -1.96. The van der Waals surface area contributed by atoms with Crippen molar-refractivity contribution < 1.29 is 8.42 Å². The molecule has 0 aliphatic rings. The first kappa shape index (κ1) is 10.3. The Morgan fingerprint density at radius 1 is 0.900 bits per heavy atom. The van der Waals surface area contributed by atoms with Crippen molar-refractivity contribution in [2.45, 2.75) is 13.8 Å². The molecule has 0 saturated carbocycles. The average Bonchev–Trinajstić information content (AvgIpc) is 1.99. The monoisotopic (exact) mass is 182 g/mol. The quantitative estimate of drug-likeness (QED) is 0.621. The smallest absolute Gasteiger partial charge is 0.0350 e. The molecule has 62 valence electrons. The molecule has 0 aromatic heterocycles. The lowest BCUT2D eigenvalue weighted by molar-refractivity contribution is 0.679. The number of hydrogen-bond donors (Lipinski definition) is 0. The fraction of sp³-hybridized carbons (Fsp3) is 1.00. The number of hydrogen-bond acceptors (Lipinski definition) is 2. The SMILES string of the molecule is CC[S@](=O)CC[S@@](=O)CC. The minimum atomic E-state index is -0.742. The van der Waals surface area contributed by atoms with Crippen LogP contribution in [0.15, 0.2) is 0 Å². The van der Waals surface area contributed by atoms with Gasteiger partial charge < -0.3 is 0 Å². The second kappa shape index (κ2) is 6.04. The number of rotatable bonds is 5. The zero-order valence-electron chi connectivity index (χ0n) is 6.46. The molecule has 4 heteroatoms. The van der Waals surface area contributed by atoms with Crippen molar-refractivity contribution in [3.63, 3.8) is 0 Å². The maximum atomic E-state index is 10.8. The molecule has 2 atom stereocenters. The normalized spacial score (nSPS) is 16.6. The van der Waals surface area contributed by atoms with Crippen LogP contribution in [0.25, 0.3) is 0 Å². The Hall–Kier alpha value is 0.300. The van der Waals surface area contributed by atoms with Crippen molar-refractivity contribution in [1.82, 2.24) is 0 Å².